The van der Waals surface area contributed by atoms with E-state index in [9.17, 15) is 9.59 Å². The standard InChI is InChI=1S/C29H29N3O4S/c1-6-35-20-14-12-19(13-15-20)26-25(28(34)36-7-2)17(3)30-29-32(26)27(33)24(37-29)16-22-18(4)31(5)23-11-9-8-10-21(22)23/h8-16,26H,6-7H2,1-5H3/t26-/m1/s1. The number of carbonyl (C=O) groups excluding carboxylic acids is 1. The van der Waals surface area contributed by atoms with E-state index < -0.39 is 12.0 Å². The van der Waals surface area contributed by atoms with Gasteiger partial charge in [-0.1, -0.05) is 41.7 Å². The molecule has 1 aliphatic rings. The second-order valence-electron chi connectivity index (χ2n) is 8.88. The van der Waals surface area contributed by atoms with E-state index in [1.54, 1.807) is 18.4 Å². The fourth-order valence-corrected chi connectivity index (χ4v) is 5.91. The Bertz CT molecular complexity index is 1720. The van der Waals surface area contributed by atoms with Crippen LogP contribution in [0, 0.1) is 6.92 Å². The first-order valence-electron chi connectivity index (χ1n) is 12.3. The Labute approximate surface area is 218 Å². The number of rotatable bonds is 6. The van der Waals surface area contributed by atoms with Crippen molar-refractivity contribution in [2.75, 3.05) is 13.2 Å². The fourth-order valence-electron chi connectivity index (χ4n) is 4.88. The van der Waals surface area contributed by atoms with Gasteiger partial charge in [-0.2, -0.15) is 0 Å². The van der Waals surface area contributed by atoms with Gasteiger partial charge in [0.1, 0.15) is 5.75 Å². The molecule has 37 heavy (non-hydrogen) atoms. The molecular formula is C29H29N3O4S. The number of thiazole rings is 1. The summed E-state index contributed by atoms with van der Waals surface area (Å²) in [4.78, 5) is 32.3. The summed E-state index contributed by atoms with van der Waals surface area (Å²) in [5.41, 5.74) is 4.68. The average Bonchev–Trinajstić information content (AvgIpc) is 3.32. The van der Waals surface area contributed by atoms with Crippen LogP contribution in [-0.4, -0.2) is 28.3 Å². The van der Waals surface area contributed by atoms with Crippen LogP contribution >= 0.6 is 11.3 Å². The summed E-state index contributed by atoms with van der Waals surface area (Å²) in [7, 11) is 2.03. The van der Waals surface area contributed by atoms with Crippen LogP contribution in [0.3, 0.4) is 0 Å². The molecule has 0 aliphatic carbocycles. The molecule has 4 aromatic rings. The molecule has 2 aromatic carbocycles. The van der Waals surface area contributed by atoms with Crippen molar-refractivity contribution in [3.63, 3.8) is 0 Å². The number of benzene rings is 2. The maximum atomic E-state index is 13.9. The van der Waals surface area contributed by atoms with Crippen molar-refractivity contribution in [1.29, 1.82) is 0 Å². The Balaban J connectivity index is 1.74. The Kier molecular flexibility index (Phi) is 6.60. The summed E-state index contributed by atoms with van der Waals surface area (Å²) in [5, 5.41) is 1.08. The zero-order valence-electron chi connectivity index (χ0n) is 21.6. The highest BCUT2D eigenvalue weighted by Crippen LogP contribution is 2.32. The van der Waals surface area contributed by atoms with Crippen LogP contribution in [0.25, 0.3) is 17.0 Å². The molecule has 7 nitrogen and oxygen atoms in total. The van der Waals surface area contributed by atoms with Crippen LogP contribution in [-0.2, 0) is 16.6 Å². The number of aromatic nitrogens is 2. The molecule has 5 rings (SSSR count). The van der Waals surface area contributed by atoms with E-state index in [4.69, 9.17) is 9.47 Å². The van der Waals surface area contributed by atoms with Gasteiger partial charge in [0.2, 0.25) is 0 Å². The minimum absolute atomic E-state index is 0.190. The van der Waals surface area contributed by atoms with Crippen LogP contribution in [0.5, 0.6) is 5.75 Å². The predicted octanol–water partition coefficient (Wildman–Crippen LogP) is 4.00. The molecule has 0 amide bonds. The van der Waals surface area contributed by atoms with Gasteiger partial charge in [-0.15, -0.1) is 0 Å². The largest absolute Gasteiger partial charge is 0.494 e. The Morgan fingerprint density at radius 3 is 2.51 bits per heavy atom. The van der Waals surface area contributed by atoms with E-state index in [0.717, 1.165) is 33.5 Å². The third-order valence-electron chi connectivity index (χ3n) is 6.75. The second kappa shape index (κ2) is 9.86. The molecule has 190 valence electrons. The number of hydrogen-bond acceptors (Lipinski definition) is 6. The zero-order chi connectivity index (χ0) is 26.3. The molecule has 0 fully saturated rings. The van der Waals surface area contributed by atoms with Crippen LogP contribution in [0.2, 0.25) is 0 Å². The third-order valence-corrected chi connectivity index (χ3v) is 7.73. The Hall–Kier alpha value is -3.91. The van der Waals surface area contributed by atoms with Crippen molar-refractivity contribution in [2.45, 2.75) is 33.7 Å². The molecule has 3 heterocycles. The molecule has 8 heteroatoms. The Morgan fingerprint density at radius 1 is 1.08 bits per heavy atom. The van der Waals surface area contributed by atoms with E-state index in [1.165, 1.54) is 11.3 Å². The lowest BCUT2D eigenvalue weighted by atomic mass is 9.96. The Morgan fingerprint density at radius 2 is 1.81 bits per heavy atom. The van der Waals surface area contributed by atoms with Gasteiger partial charge in [-0.3, -0.25) is 9.36 Å². The van der Waals surface area contributed by atoms with Crippen LogP contribution in [0.1, 0.15) is 43.6 Å². The number of esters is 1. The number of allylic oxidation sites excluding steroid dienone is 1. The molecule has 0 radical (unpaired) electrons. The highest BCUT2D eigenvalue weighted by atomic mass is 32.1. The first-order chi connectivity index (χ1) is 17.8. The lowest BCUT2D eigenvalue weighted by Crippen LogP contribution is -2.39. The first-order valence-corrected chi connectivity index (χ1v) is 13.1. The van der Waals surface area contributed by atoms with Gasteiger partial charge in [0.05, 0.1) is 35.1 Å². The van der Waals surface area contributed by atoms with Crippen molar-refractivity contribution < 1.29 is 14.3 Å². The summed E-state index contributed by atoms with van der Waals surface area (Å²) in [6, 6.07) is 15.0. The normalized spacial score (nSPS) is 15.6. The van der Waals surface area contributed by atoms with E-state index in [-0.39, 0.29) is 12.2 Å². The summed E-state index contributed by atoms with van der Waals surface area (Å²) in [5.74, 6) is 0.255. The number of ether oxygens (including phenoxy) is 2. The molecule has 0 saturated heterocycles. The number of aryl methyl sites for hydroxylation is 1. The highest BCUT2D eigenvalue weighted by molar-refractivity contribution is 7.07. The summed E-state index contributed by atoms with van der Waals surface area (Å²) >= 11 is 1.33. The summed E-state index contributed by atoms with van der Waals surface area (Å²) in [6.07, 6.45) is 1.94. The van der Waals surface area contributed by atoms with E-state index >= 15 is 0 Å². The average molecular weight is 516 g/mol. The van der Waals surface area contributed by atoms with E-state index in [2.05, 4.69) is 28.6 Å². The minimum atomic E-state index is -0.651. The van der Waals surface area contributed by atoms with Gasteiger partial charge in [-0.05, 0) is 57.5 Å². The third kappa shape index (κ3) is 4.21. The quantitative estimate of drug-likeness (QED) is 0.364. The maximum absolute atomic E-state index is 13.9. The van der Waals surface area contributed by atoms with E-state index in [0.29, 0.717) is 27.2 Å². The second-order valence-corrected chi connectivity index (χ2v) is 9.89. The molecule has 0 spiro atoms. The number of nitrogens with zero attached hydrogens (tertiary/aromatic N) is 3. The summed E-state index contributed by atoms with van der Waals surface area (Å²) < 4.78 is 15.3. The molecule has 0 saturated carbocycles. The van der Waals surface area contributed by atoms with Crippen molar-refractivity contribution in [2.24, 2.45) is 12.0 Å². The van der Waals surface area contributed by atoms with Gasteiger partial charge >= 0.3 is 5.97 Å². The zero-order valence-corrected chi connectivity index (χ0v) is 22.4. The molecule has 1 atom stereocenters. The monoisotopic (exact) mass is 515 g/mol. The van der Waals surface area contributed by atoms with E-state index in [1.807, 2.05) is 56.4 Å². The molecule has 0 N–H and O–H groups in total. The van der Waals surface area contributed by atoms with Crippen molar-refractivity contribution in [1.82, 2.24) is 9.13 Å². The van der Waals surface area contributed by atoms with Gasteiger partial charge in [0.15, 0.2) is 4.80 Å². The van der Waals surface area contributed by atoms with Gasteiger partial charge in [0.25, 0.3) is 5.56 Å². The molecule has 2 aromatic heterocycles. The smallest absolute Gasteiger partial charge is 0.338 e. The number of para-hydroxylation sites is 1. The lowest BCUT2D eigenvalue weighted by Gasteiger charge is -2.24. The molecule has 1 aliphatic heterocycles. The number of carbonyl (C=O) groups is 1. The molecule has 0 unspecified atom stereocenters. The predicted molar refractivity (Wildman–Crippen MR) is 146 cm³/mol. The lowest BCUT2D eigenvalue weighted by molar-refractivity contribution is -0.139. The number of fused-ring (bicyclic) bond motifs is 2. The van der Waals surface area contributed by atoms with Gasteiger partial charge in [0, 0.05) is 29.2 Å². The molecule has 0 bridgehead atoms. The van der Waals surface area contributed by atoms with Crippen molar-refractivity contribution in [3.8, 4) is 5.75 Å². The number of hydrogen-bond donors (Lipinski definition) is 0. The van der Waals surface area contributed by atoms with Crippen LogP contribution in [0.4, 0.5) is 0 Å². The van der Waals surface area contributed by atoms with Crippen molar-refractivity contribution >= 4 is 34.3 Å². The highest BCUT2D eigenvalue weighted by Gasteiger charge is 2.33. The van der Waals surface area contributed by atoms with Crippen molar-refractivity contribution in [3.05, 3.63) is 96.3 Å². The SMILES string of the molecule is CCOC(=O)C1=C(C)N=c2sc(=Cc3c(C)n(C)c4ccccc34)c(=O)n2[C@@H]1c1ccc(OCC)cc1. The van der Waals surface area contributed by atoms with Crippen LogP contribution < -0.4 is 19.6 Å². The topological polar surface area (TPSA) is 74.8 Å². The summed E-state index contributed by atoms with van der Waals surface area (Å²) in [6.45, 7) is 8.32. The fraction of sp³-hybridized carbons (Fsp3) is 0.276. The minimum Gasteiger partial charge on any atom is -0.494 e. The van der Waals surface area contributed by atoms with Gasteiger partial charge in [-0.25, -0.2) is 9.79 Å². The van der Waals surface area contributed by atoms with Gasteiger partial charge < -0.3 is 14.0 Å². The first kappa shape index (κ1) is 24.8. The van der Waals surface area contributed by atoms with Crippen LogP contribution in [0.15, 0.2) is 69.6 Å². The maximum Gasteiger partial charge on any atom is 0.338 e. The molecular weight excluding hydrogens is 486 g/mol.